The number of carbonyl (C=O) groups excluding carboxylic acids is 1. The average molecular weight is 418 g/mol. The largest absolute Gasteiger partial charge is 0.497 e. The van der Waals surface area contributed by atoms with Gasteiger partial charge in [-0.2, -0.15) is 0 Å². The summed E-state index contributed by atoms with van der Waals surface area (Å²) in [5.41, 5.74) is 3.63. The molecule has 2 heterocycles. The van der Waals surface area contributed by atoms with Crippen LogP contribution < -0.4 is 14.4 Å². The third-order valence-corrected chi connectivity index (χ3v) is 5.60. The minimum Gasteiger partial charge on any atom is -0.497 e. The topological polar surface area (TPSA) is 67.8 Å². The first-order chi connectivity index (χ1) is 15.1. The van der Waals surface area contributed by atoms with Gasteiger partial charge >= 0.3 is 0 Å². The van der Waals surface area contributed by atoms with Crippen LogP contribution >= 0.6 is 0 Å². The highest BCUT2D eigenvalue weighted by molar-refractivity contribution is 5.97. The molecule has 0 bridgehead atoms. The summed E-state index contributed by atoms with van der Waals surface area (Å²) in [5.74, 6) is 1.94. The number of rotatable bonds is 5. The van der Waals surface area contributed by atoms with Gasteiger partial charge in [0.2, 0.25) is 0 Å². The van der Waals surface area contributed by atoms with E-state index in [1.807, 2.05) is 29.2 Å². The Morgan fingerprint density at radius 2 is 1.68 bits per heavy atom. The number of benzene rings is 2. The molecule has 1 saturated heterocycles. The number of ether oxygens (including phenoxy) is 2. The first kappa shape index (κ1) is 20.7. The average Bonchev–Trinajstić information content (AvgIpc) is 2.83. The quantitative estimate of drug-likeness (QED) is 0.632. The molecule has 0 N–H and O–H groups in total. The number of aromatic nitrogens is 2. The number of carbonyl (C=O) groups is 1. The monoisotopic (exact) mass is 418 g/mol. The van der Waals surface area contributed by atoms with E-state index >= 15 is 0 Å². The number of hydrogen-bond acceptors (Lipinski definition) is 6. The highest BCUT2D eigenvalue weighted by Gasteiger charge is 2.25. The zero-order valence-corrected chi connectivity index (χ0v) is 18.0. The highest BCUT2D eigenvalue weighted by atomic mass is 16.5. The molecule has 7 nitrogen and oxygen atoms in total. The van der Waals surface area contributed by atoms with Gasteiger partial charge in [0.15, 0.2) is 5.82 Å². The van der Waals surface area contributed by atoms with Crippen molar-refractivity contribution in [2.45, 2.75) is 6.92 Å². The molecule has 7 heteroatoms. The van der Waals surface area contributed by atoms with Crippen molar-refractivity contribution in [1.29, 1.82) is 0 Å². The third-order valence-electron chi connectivity index (χ3n) is 5.60. The molecule has 1 aliphatic heterocycles. The van der Waals surface area contributed by atoms with Crippen molar-refractivity contribution in [3.8, 4) is 22.8 Å². The van der Waals surface area contributed by atoms with Gasteiger partial charge in [-0.15, -0.1) is 10.2 Å². The van der Waals surface area contributed by atoms with Crippen LogP contribution in [0, 0.1) is 6.92 Å². The Kier molecular flexibility index (Phi) is 6.02. The highest BCUT2D eigenvalue weighted by Crippen LogP contribution is 2.26. The number of aryl methyl sites for hydroxylation is 1. The molecular weight excluding hydrogens is 392 g/mol. The van der Waals surface area contributed by atoms with Gasteiger partial charge in [0.25, 0.3) is 5.91 Å². The standard InChI is InChI=1S/C24H26N4O3/c1-17-6-4-5-7-19(17)21-9-11-23(26-25-21)27-12-14-28(15-13-27)24(29)20-16-18(30-2)8-10-22(20)31-3/h4-11,16H,12-15H2,1-3H3. The Morgan fingerprint density at radius 1 is 0.903 bits per heavy atom. The molecule has 160 valence electrons. The lowest BCUT2D eigenvalue weighted by Crippen LogP contribution is -2.49. The number of piperazine rings is 1. The Bertz CT molecular complexity index is 1060. The lowest BCUT2D eigenvalue weighted by atomic mass is 10.1. The van der Waals surface area contributed by atoms with E-state index < -0.39 is 0 Å². The molecule has 1 aromatic heterocycles. The van der Waals surface area contributed by atoms with Gasteiger partial charge in [0, 0.05) is 31.7 Å². The van der Waals surface area contributed by atoms with Gasteiger partial charge in [-0.05, 0) is 42.8 Å². The number of methoxy groups -OCH3 is 2. The van der Waals surface area contributed by atoms with E-state index in [4.69, 9.17) is 9.47 Å². The summed E-state index contributed by atoms with van der Waals surface area (Å²) in [6, 6.07) is 17.4. The Morgan fingerprint density at radius 3 is 2.32 bits per heavy atom. The van der Waals surface area contributed by atoms with Crippen LogP contribution in [0.25, 0.3) is 11.3 Å². The number of anilines is 1. The molecule has 0 unspecified atom stereocenters. The third kappa shape index (κ3) is 4.30. The summed E-state index contributed by atoms with van der Waals surface area (Å²) >= 11 is 0. The molecule has 1 aliphatic rings. The smallest absolute Gasteiger partial charge is 0.257 e. The Balaban J connectivity index is 1.43. The molecule has 1 fully saturated rings. The van der Waals surface area contributed by atoms with E-state index in [0.717, 1.165) is 17.1 Å². The fourth-order valence-corrected chi connectivity index (χ4v) is 3.79. The molecule has 2 aromatic carbocycles. The molecule has 0 saturated carbocycles. The SMILES string of the molecule is COc1ccc(OC)c(C(=O)N2CCN(c3ccc(-c4ccccc4C)nn3)CC2)c1. The summed E-state index contributed by atoms with van der Waals surface area (Å²) < 4.78 is 10.6. The van der Waals surface area contributed by atoms with Crippen molar-refractivity contribution in [3.63, 3.8) is 0 Å². The van der Waals surface area contributed by atoms with E-state index in [2.05, 4.69) is 34.2 Å². The summed E-state index contributed by atoms with van der Waals surface area (Å²) in [7, 11) is 3.15. The molecule has 3 aromatic rings. The van der Waals surface area contributed by atoms with Crippen LogP contribution in [-0.2, 0) is 0 Å². The van der Waals surface area contributed by atoms with Crippen molar-refractivity contribution >= 4 is 11.7 Å². The van der Waals surface area contributed by atoms with Gasteiger partial charge in [0.1, 0.15) is 11.5 Å². The van der Waals surface area contributed by atoms with Crippen LogP contribution in [0.1, 0.15) is 15.9 Å². The molecule has 1 amide bonds. The summed E-state index contributed by atoms with van der Waals surface area (Å²) in [5, 5.41) is 8.86. The van der Waals surface area contributed by atoms with E-state index in [1.165, 1.54) is 5.56 Å². The summed E-state index contributed by atoms with van der Waals surface area (Å²) in [6.07, 6.45) is 0. The Labute approximate surface area is 182 Å². The van der Waals surface area contributed by atoms with Crippen molar-refractivity contribution in [3.05, 3.63) is 65.7 Å². The first-order valence-electron chi connectivity index (χ1n) is 10.3. The Hall–Kier alpha value is -3.61. The van der Waals surface area contributed by atoms with E-state index in [1.54, 1.807) is 32.4 Å². The zero-order chi connectivity index (χ0) is 21.8. The van der Waals surface area contributed by atoms with Gasteiger partial charge < -0.3 is 19.3 Å². The maximum absolute atomic E-state index is 13.1. The van der Waals surface area contributed by atoms with Gasteiger partial charge in [-0.3, -0.25) is 4.79 Å². The van der Waals surface area contributed by atoms with Crippen molar-refractivity contribution in [2.75, 3.05) is 45.3 Å². The molecule has 0 aliphatic carbocycles. The minimum absolute atomic E-state index is 0.0589. The van der Waals surface area contributed by atoms with Gasteiger partial charge in [0.05, 0.1) is 25.5 Å². The van der Waals surface area contributed by atoms with E-state index in [-0.39, 0.29) is 5.91 Å². The predicted molar refractivity (Wildman–Crippen MR) is 120 cm³/mol. The van der Waals surface area contributed by atoms with Crippen molar-refractivity contribution in [1.82, 2.24) is 15.1 Å². The van der Waals surface area contributed by atoms with Crippen LogP contribution in [0.2, 0.25) is 0 Å². The van der Waals surface area contributed by atoms with Crippen LogP contribution in [0.3, 0.4) is 0 Å². The van der Waals surface area contributed by atoms with E-state index in [0.29, 0.717) is 43.2 Å². The second-order valence-corrected chi connectivity index (χ2v) is 7.44. The van der Waals surface area contributed by atoms with Crippen LogP contribution in [-0.4, -0.2) is 61.4 Å². The number of nitrogens with zero attached hydrogens (tertiary/aromatic N) is 4. The van der Waals surface area contributed by atoms with Crippen molar-refractivity contribution in [2.24, 2.45) is 0 Å². The zero-order valence-electron chi connectivity index (χ0n) is 18.0. The number of hydrogen-bond donors (Lipinski definition) is 0. The fourth-order valence-electron chi connectivity index (χ4n) is 3.79. The minimum atomic E-state index is -0.0589. The number of amides is 1. The lowest BCUT2D eigenvalue weighted by Gasteiger charge is -2.35. The normalized spacial score (nSPS) is 13.8. The molecule has 0 atom stereocenters. The molecule has 4 rings (SSSR count). The maximum Gasteiger partial charge on any atom is 0.257 e. The second-order valence-electron chi connectivity index (χ2n) is 7.44. The molecule has 0 spiro atoms. The maximum atomic E-state index is 13.1. The second kappa shape index (κ2) is 9.04. The summed E-state index contributed by atoms with van der Waals surface area (Å²) in [6.45, 7) is 4.64. The molecule has 31 heavy (non-hydrogen) atoms. The lowest BCUT2D eigenvalue weighted by molar-refractivity contribution is 0.0742. The summed E-state index contributed by atoms with van der Waals surface area (Å²) in [4.78, 5) is 17.1. The van der Waals surface area contributed by atoms with Crippen LogP contribution in [0.15, 0.2) is 54.6 Å². The van der Waals surface area contributed by atoms with Gasteiger partial charge in [-0.1, -0.05) is 24.3 Å². The predicted octanol–water partition coefficient (Wildman–Crippen LogP) is 3.43. The fraction of sp³-hybridized carbons (Fsp3) is 0.292. The first-order valence-corrected chi connectivity index (χ1v) is 10.3. The van der Waals surface area contributed by atoms with Crippen LogP contribution in [0.4, 0.5) is 5.82 Å². The molecular formula is C24H26N4O3. The van der Waals surface area contributed by atoms with Crippen LogP contribution in [0.5, 0.6) is 11.5 Å². The molecule has 0 radical (unpaired) electrons. The van der Waals surface area contributed by atoms with Gasteiger partial charge in [-0.25, -0.2) is 0 Å². The van der Waals surface area contributed by atoms with E-state index in [9.17, 15) is 4.79 Å². The van der Waals surface area contributed by atoms with Crippen molar-refractivity contribution < 1.29 is 14.3 Å².